The minimum absolute atomic E-state index is 0.0917. The Morgan fingerprint density at radius 3 is 2.31 bits per heavy atom. The number of nitrogens with one attached hydrogen (secondary N) is 1. The molecule has 0 bridgehead atoms. The summed E-state index contributed by atoms with van der Waals surface area (Å²) in [4.78, 5) is 24.1. The lowest BCUT2D eigenvalue weighted by molar-refractivity contribution is -0.118. The Morgan fingerprint density at radius 1 is 1.00 bits per heavy atom. The fourth-order valence-corrected chi connectivity index (χ4v) is 2.69. The molecule has 0 saturated heterocycles. The van der Waals surface area contributed by atoms with Gasteiger partial charge in [0.05, 0.1) is 12.2 Å². The first-order valence-corrected chi connectivity index (χ1v) is 9.50. The van der Waals surface area contributed by atoms with Crippen molar-refractivity contribution in [3.8, 4) is 5.75 Å². The lowest BCUT2D eigenvalue weighted by Crippen LogP contribution is -2.22. The van der Waals surface area contributed by atoms with E-state index in [1.165, 1.54) is 7.11 Å². The molecule has 0 saturated carbocycles. The Bertz CT molecular complexity index is 837. The number of ether oxygens (including phenoxy) is 3. The van der Waals surface area contributed by atoms with Gasteiger partial charge in [-0.25, -0.2) is 4.79 Å². The van der Waals surface area contributed by atoms with Crippen molar-refractivity contribution in [2.24, 2.45) is 0 Å². The maximum Gasteiger partial charge on any atom is 0.338 e. The van der Waals surface area contributed by atoms with Crippen LogP contribution in [0, 0.1) is 6.92 Å². The molecule has 0 radical (unpaired) electrons. The molecule has 0 heterocycles. The molecule has 6 heteroatoms. The van der Waals surface area contributed by atoms with E-state index in [4.69, 9.17) is 14.2 Å². The van der Waals surface area contributed by atoms with Gasteiger partial charge in [0.15, 0.2) is 6.61 Å². The fourth-order valence-electron chi connectivity index (χ4n) is 2.69. The van der Waals surface area contributed by atoms with Gasteiger partial charge in [0.25, 0.3) is 5.91 Å². The number of anilines is 1. The quantitative estimate of drug-likeness (QED) is 0.534. The van der Waals surface area contributed by atoms with Gasteiger partial charge in [0.1, 0.15) is 12.4 Å². The van der Waals surface area contributed by atoms with Crippen LogP contribution in [0.5, 0.6) is 5.75 Å². The van der Waals surface area contributed by atoms with Gasteiger partial charge >= 0.3 is 5.97 Å². The molecule has 156 valence electrons. The summed E-state index contributed by atoms with van der Waals surface area (Å²) in [6.45, 7) is 8.79. The van der Waals surface area contributed by atoms with Crippen LogP contribution in [0.2, 0.25) is 0 Å². The number of benzene rings is 2. The topological polar surface area (TPSA) is 73.9 Å². The molecule has 6 nitrogen and oxygen atoms in total. The highest BCUT2D eigenvalue weighted by molar-refractivity contribution is 5.93. The van der Waals surface area contributed by atoms with E-state index in [9.17, 15) is 9.59 Å². The number of hydrogen-bond acceptors (Lipinski definition) is 5. The van der Waals surface area contributed by atoms with Crippen LogP contribution in [0.4, 0.5) is 5.69 Å². The van der Waals surface area contributed by atoms with Crippen molar-refractivity contribution >= 4 is 17.6 Å². The molecule has 2 rings (SSSR count). The number of methoxy groups -OCH3 is 1. The first-order chi connectivity index (χ1) is 13.7. The second-order valence-corrected chi connectivity index (χ2v) is 7.79. The summed E-state index contributed by atoms with van der Waals surface area (Å²) in [7, 11) is 1.54. The van der Waals surface area contributed by atoms with Gasteiger partial charge in [0, 0.05) is 12.8 Å². The molecule has 1 N–H and O–H groups in total. The van der Waals surface area contributed by atoms with Crippen molar-refractivity contribution < 1.29 is 23.8 Å². The predicted octanol–water partition coefficient (Wildman–Crippen LogP) is 4.11. The molecule has 0 aliphatic rings. The van der Waals surface area contributed by atoms with Gasteiger partial charge in [-0.2, -0.15) is 0 Å². The van der Waals surface area contributed by atoms with Crippen LogP contribution < -0.4 is 10.1 Å². The third-order valence-electron chi connectivity index (χ3n) is 4.23. The molecule has 0 aliphatic heterocycles. The largest absolute Gasteiger partial charge is 0.483 e. The summed E-state index contributed by atoms with van der Waals surface area (Å²) in [5, 5.41) is 2.76. The van der Waals surface area contributed by atoms with Crippen LogP contribution in [-0.2, 0) is 19.7 Å². The summed E-state index contributed by atoms with van der Waals surface area (Å²) in [5.74, 6) is -0.00871. The van der Waals surface area contributed by atoms with Crippen LogP contribution in [-0.4, -0.2) is 38.8 Å². The van der Waals surface area contributed by atoms with E-state index in [1.54, 1.807) is 24.3 Å². The predicted molar refractivity (Wildman–Crippen MR) is 113 cm³/mol. The van der Waals surface area contributed by atoms with Gasteiger partial charge in [-0.15, -0.1) is 0 Å². The van der Waals surface area contributed by atoms with Gasteiger partial charge in [-0.05, 0) is 48.2 Å². The van der Waals surface area contributed by atoms with Crippen LogP contribution in [0.3, 0.4) is 0 Å². The van der Waals surface area contributed by atoms with Crippen molar-refractivity contribution in [1.29, 1.82) is 0 Å². The van der Waals surface area contributed by atoms with Gasteiger partial charge in [0.2, 0.25) is 0 Å². The van der Waals surface area contributed by atoms with E-state index in [-0.39, 0.29) is 24.5 Å². The average Bonchev–Trinajstić information content (AvgIpc) is 2.67. The van der Waals surface area contributed by atoms with Crippen molar-refractivity contribution in [2.45, 2.75) is 33.1 Å². The number of esters is 1. The summed E-state index contributed by atoms with van der Waals surface area (Å²) >= 11 is 0. The van der Waals surface area contributed by atoms with E-state index in [0.717, 1.165) is 11.1 Å². The van der Waals surface area contributed by atoms with Crippen LogP contribution in [0.25, 0.3) is 0 Å². The Hall–Kier alpha value is -2.86. The molecule has 0 fully saturated rings. The number of amides is 1. The van der Waals surface area contributed by atoms with Gasteiger partial charge in [-0.1, -0.05) is 38.5 Å². The summed E-state index contributed by atoms with van der Waals surface area (Å²) < 4.78 is 15.7. The monoisotopic (exact) mass is 399 g/mol. The molecular formula is C23H29NO5. The molecule has 29 heavy (non-hydrogen) atoms. The Balaban J connectivity index is 1.93. The molecule has 0 aromatic heterocycles. The molecule has 0 unspecified atom stereocenters. The lowest BCUT2D eigenvalue weighted by atomic mass is 9.85. The third-order valence-corrected chi connectivity index (χ3v) is 4.23. The minimum atomic E-state index is -0.433. The minimum Gasteiger partial charge on any atom is -0.483 e. The first kappa shape index (κ1) is 22.4. The highest BCUT2D eigenvalue weighted by Gasteiger charge is 2.19. The smallest absolute Gasteiger partial charge is 0.338 e. The van der Waals surface area contributed by atoms with E-state index in [2.05, 4.69) is 32.2 Å². The number of hydrogen-bond donors (Lipinski definition) is 1. The second-order valence-electron chi connectivity index (χ2n) is 7.79. The molecule has 2 aromatic carbocycles. The van der Waals surface area contributed by atoms with Gasteiger partial charge < -0.3 is 19.5 Å². The highest BCUT2D eigenvalue weighted by Crippen LogP contribution is 2.32. The summed E-state index contributed by atoms with van der Waals surface area (Å²) in [5.41, 5.74) is 3.09. The van der Waals surface area contributed by atoms with Crippen molar-refractivity contribution in [1.82, 2.24) is 0 Å². The SMILES string of the molecule is COCCOC(=O)c1ccc(NC(=O)COc2ccc(C)cc2C(C)(C)C)cc1. The number of carbonyl (C=O) groups is 2. The second kappa shape index (κ2) is 10.1. The Kier molecular flexibility index (Phi) is 7.79. The van der Waals surface area contributed by atoms with E-state index in [0.29, 0.717) is 23.6 Å². The molecule has 0 atom stereocenters. The van der Waals surface area contributed by atoms with Crippen LogP contribution in [0.1, 0.15) is 42.3 Å². The van der Waals surface area contributed by atoms with Crippen molar-refractivity contribution in [2.75, 3.05) is 32.2 Å². The van der Waals surface area contributed by atoms with Crippen molar-refractivity contribution in [3.05, 3.63) is 59.2 Å². The highest BCUT2D eigenvalue weighted by atomic mass is 16.6. The number of rotatable bonds is 8. The zero-order valence-corrected chi connectivity index (χ0v) is 17.7. The van der Waals surface area contributed by atoms with Crippen LogP contribution in [0.15, 0.2) is 42.5 Å². The molecule has 1 amide bonds. The molecule has 0 aliphatic carbocycles. The average molecular weight is 399 g/mol. The Labute approximate surface area is 172 Å². The molecular weight excluding hydrogens is 370 g/mol. The summed E-state index contributed by atoms with van der Waals surface area (Å²) in [6, 6.07) is 12.4. The normalized spacial score (nSPS) is 11.1. The lowest BCUT2D eigenvalue weighted by Gasteiger charge is -2.23. The Morgan fingerprint density at radius 2 is 1.69 bits per heavy atom. The maximum atomic E-state index is 12.3. The zero-order chi connectivity index (χ0) is 21.4. The van der Waals surface area contributed by atoms with Crippen molar-refractivity contribution in [3.63, 3.8) is 0 Å². The van der Waals surface area contributed by atoms with E-state index in [1.807, 2.05) is 19.1 Å². The van der Waals surface area contributed by atoms with E-state index >= 15 is 0 Å². The van der Waals surface area contributed by atoms with Crippen LogP contribution >= 0.6 is 0 Å². The zero-order valence-electron chi connectivity index (χ0n) is 17.7. The fraction of sp³-hybridized carbons (Fsp3) is 0.391. The molecule has 2 aromatic rings. The maximum absolute atomic E-state index is 12.3. The number of carbonyl (C=O) groups excluding carboxylic acids is 2. The van der Waals surface area contributed by atoms with Gasteiger partial charge in [-0.3, -0.25) is 4.79 Å². The third kappa shape index (κ3) is 6.91. The van der Waals surface area contributed by atoms with E-state index < -0.39 is 5.97 Å². The number of aryl methyl sites for hydroxylation is 1. The standard InChI is InChI=1S/C23H29NO5/c1-16-6-11-20(19(14-16)23(2,3)4)29-15-21(25)24-18-9-7-17(8-10-18)22(26)28-13-12-27-5/h6-11,14H,12-13,15H2,1-5H3,(H,24,25). The molecule has 0 spiro atoms. The summed E-state index contributed by atoms with van der Waals surface area (Å²) in [6.07, 6.45) is 0. The first-order valence-electron chi connectivity index (χ1n) is 9.50.